The summed E-state index contributed by atoms with van der Waals surface area (Å²) in [5, 5.41) is 2.95. The molecule has 1 fully saturated rings. The lowest BCUT2D eigenvalue weighted by Crippen LogP contribution is -2.45. The van der Waals surface area contributed by atoms with Crippen molar-refractivity contribution in [3.63, 3.8) is 0 Å². The van der Waals surface area contributed by atoms with Gasteiger partial charge in [-0.25, -0.2) is 0 Å². The van der Waals surface area contributed by atoms with Gasteiger partial charge in [-0.3, -0.25) is 9.69 Å². The van der Waals surface area contributed by atoms with Crippen molar-refractivity contribution in [2.75, 3.05) is 32.7 Å². The Balaban J connectivity index is 1.77. The van der Waals surface area contributed by atoms with Crippen LogP contribution in [0.4, 0.5) is 0 Å². The number of hydrogen-bond acceptors (Lipinski definition) is 4. The zero-order valence-corrected chi connectivity index (χ0v) is 16.0. The summed E-state index contributed by atoms with van der Waals surface area (Å²) in [6, 6.07) is 8.12. The molecule has 3 N–H and O–H groups in total. The lowest BCUT2D eigenvalue weighted by Gasteiger charge is -2.34. The fourth-order valence-electron chi connectivity index (χ4n) is 3.10. The summed E-state index contributed by atoms with van der Waals surface area (Å²) >= 11 is 0. The first-order chi connectivity index (χ1) is 12.0. The summed E-state index contributed by atoms with van der Waals surface area (Å²) in [4.78, 5) is 17.1. The SMILES string of the molecule is CCC(C)C(N)C(=O)NCc1ccc(CN2CCN(CC)CC2)cc1. The number of piperazine rings is 1. The Kier molecular flexibility index (Phi) is 7.88. The molecule has 0 aliphatic carbocycles. The topological polar surface area (TPSA) is 61.6 Å². The Labute approximate surface area is 152 Å². The van der Waals surface area contributed by atoms with Gasteiger partial charge in [0, 0.05) is 39.3 Å². The number of likely N-dealkylation sites (N-methyl/N-ethyl adjacent to an activating group) is 1. The summed E-state index contributed by atoms with van der Waals surface area (Å²) in [5.41, 5.74) is 8.41. The maximum absolute atomic E-state index is 12.1. The summed E-state index contributed by atoms with van der Waals surface area (Å²) in [5.74, 6) is 0.141. The largest absolute Gasteiger partial charge is 0.351 e. The first-order valence-corrected chi connectivity index (χ1v) is 9.59. The van der Waals surface area contributed by atoms with Crippen LogP contribution in [0, 0.1) is 5.92 Å². The van der Waals surface area contributed by atoms with Crippen LogP contribution in [0.15, 0.2) is 24.3 Å². The van der Waals surface area contributed by atoms with Gasteiger partial charge in [-0.05, 0) is 23.6 Å². The van der Waals surface area contributed by atoms with Crippen LogP contribution < -0.4 is 11.1 Å². The zero-order valence-electron chi connectivity index (χ0n) is 16.0. The molecular weight excluding hydrogens is 312 g/mol. The van der Waals surface area contributed by atoms with Gasteiger partial charge in [0.1, 0.15) is 0 Å². The molecule has 1 aromatic rings. The quantitative estimate of drug-likeness (QED) is 0.754. The third kappa shape index (κ3) is 6.10. The molecule has 5 heteroatoms. The molecule has 0 aromatic heterocycles. The molecule has 2 atom stereocenters. The van der Waals surface area contributed by atoms with Crippen molar-refractivity contribution >= 4 is 5.91 Å². The van der Waals surface area contributed by atoms with Crippen molar-refractivity contribution in [1.29, 1.82) is 0 Å². The molecule has 1 aromatic carbocycles. The highest BCUT2D eigenvalue weighted by Gasteiger charge is 2.19. The molecule has 2 unspecified atom stereocenters. The van der Waals surface area contributed by atoms with Gasteiger partial charge in [-0.1, -0.05) is 51.5 Å². The van der Waals surface area contributed by atoms with Crippen molar-refractivity contribution in [3.8, 4) is 0 Å². The van der Waals surface area contributed by atoms with Crippen LogP contribution in [0.1, 0.15) is 38.3 Å². The minimum Gasteiger partial charge on any atom is -0.351 e. The summed E-state index contributed by atoms with van der Waals surface area (Å²) in [6.07, 6.45) is 0.912. The summed E-state index contributed by atoms with van der Waals surface area (Å²) in [7, 11) is 0. The Bertz CT molecular complexity index is 523. The molecule has 0 saturated carbocycles. The highest BCUT2D eigenvalue weighted by Crippen LogP contribution is 2.11. The fraction of sp³-hybridized carbons (Fsp3) is 0.650. The van der Waals surface area contributed by atoms with E-state index in [-0.39, 0.29) is 11.8 Å². The number of carbonyl (C=O) groups excluding carboxylic acids is 1. The van der Waals surface area contributed by atoms with Gasteiger partial charge in [0.25, 0.3) is 0 Å². The van der Waals surface area contributed by atoms with Crippen LogP contribution in [0.2, 0.25) is 0 Å². The second-order valence-corrected chi connectivity index (χ2v) is 7.16. The van der Waals surface area contributed by atoms with Crippen molar-refractivity contribution in [2.45, 2.75) is 46.3 Å². The molecule has 1 saturated heterocycles. The standard InChI is InChI=1S/C20H34N4O/c1-4-16(3)19(21)20(25)22-14-17-6-8-18(9-7-17)15-24-12-10-23(5-2)11-13-24/h6-9,16,19H,4-5,10-15,21H2,1-3H3,(H,22,25). The first kappa shape index (κ1) is 19.9. The maximum Gasteiger partial charge on any atom is 0.237 e. The van der Waals surface area contributed by atoms with Crippen molar-refractivity contribution in [1.82, 2.24) is 15.1 Å². The molecular formula is C20H34N4O. The van der Waals surface area contributed by atoms with Gasteiger partial charge in [-0.2, -0.15) is 0 Å². The number of rotatable bonds is 8. The van der Waals surface area contributed by atoms with Crippen LogP contribution in [-0.2, 0) is 17.9 Å². The highest BCUT2D eigenvalue weighted by atomic mass is 16.2. The lowest BCUT2D eigenvalue weighted by atomic mass is 9.99. The highest BCUT2D eigenvalue weighted by molar-refractivity contribution is 5.81. The molecule has 1 aliphatic rings. The molecule has 1 aliphatic heterocycles. The van der Waals surface area contributed by atoms with Gasteiger partial charge in [-0.15, -0.1) is 0 Å². The molecule has 0 bridgehead atoms. The maximum atomic E-state index is 12.1. The van der Waals surface area contributed by atoms with Crippen molar-refractivity contribution in [3.05, 3.63) is 35.4 Å². The predicted molar refractivity (Wildman–Crippen MR) is 103 cm³/mol. The van der Waals surface area contributed by atoms with E-state index in [1.807, 2.05) is 6.92 Å². The Morgan fingerprint density at radius 2 is 1.64 bits per heavy atom. The van der Waals surface area contributed by atoms with Gasteiger partial charge >= 0.3 is 0 Å². The average molecular weight is 347 g/mol. The van der Waals surface area contributed by atoms with E-state index in [2.05, 4.69) is 53.2 Å². The second-order valence-electron chi connectivity index (χ2n) is 7.16. The van der Waals surface area contributed by atoms with E-state index in [1.54, 1.807) is 0 Å². The third-order valence-corrected chi connectivity index (χ3v) is 5.37. The monoisotopic (exact) mass is 346 g/mol. The van der Waals surface area contributed by atoms with E-state index >= 15 is 0 Å². The van der Waals surface area contributed by atoms with E-state index in [0.29, 0.717) is 6.54 Å². The van der Waals surface area contributed by atoms with E-state index in [0.717, 1.165) is 51.3 Å². The number of hydrogen-bond donors (Lipinski definition) is 2. The number of nitrogens with zero attached hydrogens (tertiary/aromatic N) is 2. The van der Waals surface area contributed by atoms with Crippen molar-refractivity contribution < 1.29 is 4.79 Å². The van der Waals surface area contributed by atoms with E-state index in [4.69, 9.17) is 5.73 Å². The fourth-order valence-corrected chi connectivity index (χ4v) is 3.10. The van der Waals surface area contributed by atoms with Crippen LogP contribution in [-0.4, -0.2) is 54.5 Å². The zero-order chi connectivity index (χ0) is 18.2. The molecule has 140 valence electrons. The van der Waals surface area contributed by atoms with E-state index in [1.165, 1.54) is 5.56 Å². The summed E-state index contributed by atoms with van der Waals surface area (Å²) in [6.45, 7) is 13.6. The molecule has 25 heavy (non-hydrogen) atoms. The van der Waals surface area contributed by atoms with Gasteiger partial charge in [0.2, 0.25) is 5.91 Å². The average Bonchev–Trinajstić information content (AvgIpc) is 2.66. The lowest BCUT2D eigenvalue weighted by molar-refractivity contribution is -0.123. The normalized spacial score (nSPS) is 18.7. The van der Waals surface area contributed by atoms with Crippen LogP contribution in [0.5, 0.6) is 0 Å². The number of carbonyl (C=O) groups is 1. The molecule has 1 amide bonds. The Morgan fingerprint density at radius 3 is 2.20 bits per heavy atom. The molecule has 0 spiro atoms. The van der Waals surface area contributed by atoms with Gasteiger partial charge in [0.05, 0.1) is 6.04 Å². The smallest absolute Gasteiger partial charge is 0.237 e. The predicted octanol–water partition coefficient (Wildman–Crippen LogP) is 1.81. The second kappa shape index (κ2) is 9.90. The molecule has 1 heterocycles. The number of amides is 1. The Hall–Kier alpha value is -1.43. The third-order valence-electron chi connectivity index (χ3n) is 5.37. The van der Waals surface area contributed by atoms with Crippen LogP contribution in [0.25, 0.3) is 0 Å². The van der Waals surface area contributed by atoms with Gasteiger partial charge < -0.3 is 16.0 Å². The Morgan fingerprint density at radius 1 is 1.08 bits per heavy atom. The van der Waals surface area contributed by atoms with Gasteiger partial charge in [0.15, 0.2) is 0 Å². The number of benzene rings is 1. The van der Waals surface area contributed by atoms with Crippen LogP contribution in [0.3, 0.4) is 0 Å². The number of nitrogens with one attached hydrogen (secondary N) is 1. The minimum absolute atomic E-state index is 0.0628. The first-order valence-electron chi connectivity index (χ1n) is 9.59. The number of nitrogens with two attached hydrogens (primary N) is 1. The molecule has 2 rings (SSSR count). The summed E-state index contributed by atoms with van der Waals surface area (Å²) < 4.78 is 0. The van der Waals surface area contributed by atoms with Crippen LogP contribution >= 0.6 is 0 Å². The minimum atomic E-state index is -0.425. The van der Waals surface area contributed by atoms with E-state index < -0.39 is 6.04 Å². The van der Waals surface area contributed by atoms with Crippen molar-refractivity contribution in [2.24, 2.45) is 11.7 Å². The van der Waals surface area contributed by atoms with E-state index in [9.17, 15) is 4.79 Å². The molecule has 5 nitrogen and oxygen atoms in total. The molecule has 0 radical (unpaired) electrons.